The maximum atomic E-state index is 12.6. The molecule has 1 aliphatic rings. The zero-order chi connectivity index (χ0) is 15.8. The number of anilines is 1. The molecule has 1 saturated heterocycles. The summed E-state index contributed by atoms with van der Waals surface area (Å²) in [5, 5.41) is 9.14. The molecule has 0 radical (unpaired) electrons. The second kappa shape index (κ2) is 5.34. The van der Waals surface area contributed by atoms with Crippen LogP contribution in [0.3, 0.4) is 0 Å². The van der Waals surface area contributed by atoms with Gasteiger partial charge in [0, 0.05) is 12.2 Å². The highest BCUT2D eigenvalue weighted by atomic mass is 32.2. The van der Waals surface area contributed by atoms with Crippen molar-refractivity contribution in [2.75, 3.05) is 12.3 Å². The van der Waals surface area contributed by atoms with Gasteiger partial charge in [-0.3, -0.25) is 4.79 Å². The summed E-state index contributed by atoms with van der Waals surface area (Å²) in [5.41, 5.74) is 10.4. The van der Waals surface area contributed by atoms with Crippen LogP contribution >= 0.6 is 0 Å². The molecule has 0 aliphatic carbocycles. The topological polar surface area (TPSA) is 144 Å². The van der Waals surface area contributed by atoms with Crippen molar-refractivity contribution in [2.24, 2.45) is 5.73 Å². The number of carbonyl (C=O) groups is 2. The summed E-state index contributed by atoms with van der Waals surface area (Å²) in [6.45, 7) is 0.124. The van der Waals surface area contributed by atoms with Gasteiger partial charge < -0.3 is 16.6 Å². The van der Waals surface area contributed by atoms with Crippen molar-refractivity contribution < 1.29 is 23.1 Å². The van der Waals surface area contributed by atoms with Gasteiger partial charge in [0.05, 0.1) is 10.5 Å². The summed E-state index contributed by atoms with van der Waals surface area (Å²) in [6.07, 6.45) is 0.816. The van der Waals surface area contributed by atoms with Crippen molar-refractivity contribution in [3.05, 3.63) is 23.8 Å². The second-order valence-corrected chi connectivity index (χ2v) is 6.60. The van der Waals surface area contributed by atoms with E-state index in [0.29, 0.717) is 12.8 Å². The number of rotatable bonds is 4. The molecule has 1 aromatic rings. The maximum absolute atomic E-state index is 12.6. The Hall–Kier alpha value is -2.13. The second-order valence-electron chi connectivity index (χ2n) is 4.74. The van der Waals surface area contributed by atoms with Crippen LogP contribution in [0.2, 0.25) is 0 Å². The number of hydrogen-bond donors (Lipinski definition) is 3. The van der Waals surface area contributed by atoms with Crippen molar-refractivity contribution in [1.82, 2.24) is 4.31 Å². The van der Waals surface area contributed by atoms with E-state index in [1.165, 1.54) is 6.07 Å². The molecule has 0 aromatic heterocycles. The van der Waals surface area contributed by atoms with Crippen LogP contribution in [0, 0.1) is 0 Å². The molecule has 114 valence electrons. The number of nitrogens with zero attached hydrogens (tertiary/aromatic N) is 1. The Labute approximate surface area is 121 Å². The van der Waals surface area contributed by atoms with E-state index < -0.39 is 38.4 Å². The van der Waals surface area contributed by atoms with E-state index in [2.05, 4.69) is 0 Å². The van der Waals surface area contributed by atoms with E-state index in [4.69, 9.17) is 16.6 Å². The zero-order valence-corrected chi connectivity index (χ0v) is 11.8. The molecule has 1 aliphatic heterocycles. The minimum absolute atomic E-state index is 0.124. The fourth-order valence-corrected chi connectivity index (χ4v) is 4.21. The number of nitrogens with two attached hydrogens (primary N) is 2. The van der Waals surface area contributed by atoms with Crippen LogP contribution < -0.4 is 11.5 Å². The Kier molecular flexibility index (Phi) is 3.88. The molecule has 1 heterocycles. The van der Waals surface area contributed by atoms with Crippen LogP contribution in [0.5, 0.6) is 0 Å². The number of amides is 1. The third-order valence-electron chi connectivity index (χ3n) is 3.35. The lowest BCUT2D eigenvalue weighted by molar-refractivity contribution is -0.121. The summed E-state index contributed by atoms with van der Waals surface area (Å²) in [4.78, 5) is 22.2. The number of hydrogen-bond acceptors (Lipinski definition) is 5. The van der Waals surface area contributed by atoms with Gasteiger partial charge in [0.25, 0.3) is 0 Å². The van der Waals surface area contributed by atoms with Gasteiger partial charge in [-0.2, -0.15) is 4.31 Å². The molecule has 0 spiro atoms. The number of primary amides is 1. The van der Waals surface area contributed by atoms with Gasteiger partial charge in [0.15, 0.2) is 0 Å². The number of benzene rings is 1. The van der Waals surface area contributed by atoms with Gasteiger partial charge in [-0.25, -0.2) is 13.2 Å². The molecule has 5 N–H and O–H groups in total. The first-order valence-electron chi connectivity index (χ1n) is 6.19. The monoisotopic (exact) mass is 313 g/mol. The Bertz CT molecular complexity index is 701. The van der Waals surface area contributed by atoms with Gasteiger partial charge in [-0.15, -0.1) is 0 Å². The highest BCUT2D eigenvalue weighted by Gasteiger charge is 2.39. The Balaban J connectivity index is 2.54. The molecule has 21 heavy (non-hydrogen) atoms. The molecule has 0 saturated carbocycles. The molecule has 8 nitrogen and oxygen atoms in total. The van der Waals surface area contributed by atoms with Crippen LogP contribution in [0.25, 0.3) is 0 Å². The van der Waals surface area contributed by atoms with Gasteiger partial charge >= 0.3 is 5.97 Å². The third-order valence-corrected chi connectivity index (χ3v) is 5.32. The van der Waals surface area contributed by atoms with E-state index in [1.807, 2.05) is 0 Å². The molecule has 9 heteroatoms. The van der Waals surface area contributed by atoms with E-state index in [0.717, 1.165) is 16.4 Å². The Morgan fingerprint density at radius 2 is 2.00 bits per heavy atom. The quantitative estimate of drug-likeness (QED) is 0.645. The van der Waals surface area contributed by atoms with E-state index in [-0.39, 0.29) is 12.2 Å². The molecule has 0 bridgehead atoms. The minimum atomic E-state index is -4.13. The van der Waals surface area contributed by atoms with E-state index in [1.54, 1.807) is 0 Å². The van der Waals surface area contributed by atoms with Crippen LogP contribution in [0.4, 0.5) is 5.69 Å². The number of carboxylic acid groups (broad SMARTS) is 1. The fourth-order valence-electron chi connectivity index (χ4n) is 2.38. The predicted molar refractivity (Wildman–Crippen MR) is 73.9 cm³/mol. The first kappa shape index (κ1) is 15.3. The molecule has 1 amide bonds. The smallest absolute Gasteiger partial charge is 0.337 e. The van der Waals surface area contributed by atoms with Gasteiger partial charge in [-0.05, 0) is 31.0 Å². The number of sulfonamides is 1. The lowest BCUT2D eigenvalue weighted by Crippen LogP contribution is -2.43. The number of carbonyl (C=O) groups excluding carboxylic acids is 1. The van der Waals surface area contributed by atoms with Crippen molar-refractivity contribution in [3.8, 4) is 0 Å². The molecule has 2 rings (SSSR count). The highest BCUT2D eigenvalue weighted by molar-refractivity contribution is 7.89. The molecule has 1 atom stereocenters. The maximum Gasteiger partial charge on any atom is 0.337 e. The molecular weight excluding hydrogens is 298 g/mol. The van der Waals surface area contributed by atoms with Crippen molar-refractivity contribution in [1.29, 1.82) is 0 Å². The van der Waals surface area contributed by atoms with Crippen molar-refractivity contribution in [3.63, 3.8) is 0 Å². The van der Waals surface area contributed by atoms with E-state index >= 15 is 0 Å². The summed E-state index contributed by atoms with van der Waals surface area (Å²) in [6, 6.07) is 2.55. The zero-order valence-electron chi connectivity index (χ0n) is 11.0. The lowest BCUT2D eigenvalue weighted by atomic mass is 10.2. The third kappa shape index (κ3) is 2.69. The average Bonchev–Trinajstić information content (AvgIpc) is 2.88. The summed E-state index contributed by atoms with van der Waals surface area (Å²) >= 11 is 0. The Morgan fingerprint density at radius 3 is 2.57 bits per heavy atom. The summed E-state index contributed by atoms with van der Waals surface area (Å²) < 4.78 is 26.2. The normalized spacial score (nSPS) is 19.5. The SMILES string of the molecule is NC(=O)C1CCCN1S(=O)(=O)c1ccc(N)cc1C(=O)O. The number of carboxylic acids is 1. The first-order valence-corrected chi connectivity index (χ1v) is 7.63. The first-order chi connectivity index (χ1) is 9.75. The lowest BCUT2D eigenvalue weighted by Gasteiger charge is -2.22. The van der Waals surface area contributed by atoms with Gasteiger partial charge in [0.1, 0.15) is 6.04 Å². The summed E-state index contributed by atoms with van der Waals surface area (Å²) in [5.74, 6) is -2.15. The standard InChI is InChI=1S/C12H15N3O5S/c13-7-3-4-10(8(6-7)12(17)18)21(19,20)15-5-1-2-9(15)11(14)16/h3-4,6,9H,1-2,5,13H2,(H2,14,16)(H,17,18). The van der Waals surface area contributed by atoms with Crippen LogP contribution in [-0.4, -0.2) is 42.3 Å². The van der Waals surface area contributed by atoms with Crippen LogP contribution in [0.15, 0.2) is 23.1 Å². The van der Waals surface area contributed by atoms with Crippen LogP contribution in [-0.2, 0) is 14.8 Å². The number of nitrogen functional groups attached to an aromatic ring is 1. The van der Waals surface area contributed by atoms with Gasteiger partial charge in [-0.1, -0.05) is 0 Å². The van der Waals surface area contributed by atoms with Crippen molar-refractivity contribution in [2.45, 2.75) is 23.8 Å². The van der Waals surface area contributed by atoms with Crippen molar-refractivity contribution >= 4 is 27.6 Å². The molecule has 1 unspecified atom stereocenters. The molecule has 1 aromatic carbocycles. The fraction of sp³-hybridized carbons (Fsp3) is 0.333. The highest BCUT2D eigenvalue weighted by Crippen LogP contribution is 2.28. The average molecular weight is 313 g/mol. The van der Waals surface area contributed by atoms with Crippen LogP contribution in [0.1, 0.15) is 23.2 Å². The largest absolute Gasteiger partial charge is 0.478 e. The van der Waals surface area contributed by atoms with E-state index in [9.17, 15) is 18.0 Å². The summed E-state index contributed by atoms with van der Waals surface area (Å²) in [7, 11) is -4.13. The predicted octanol–water partition coefficient (Wildman–Crippen LogP) is -0.395. The minimum Gasteiger partial charge on any atom is -0.478 e. The molecular formula is C12H15N3O5S. The Morgan fingerprint density at radius 1 is 1.33 bits per heavy atom. The number of aromatic carboxylic acids is 1. The van der Waals surface area contributed by atoms with Gasteiger partial charge in [0.2, 0.25) is 15.9 Å². The molecule has 1 fully saturated rings.